The fourth-order valence-electron chi connectivity index (χ4n) is 3.96. The first kappa shape index (κ1) is 16.5. The number of aromatic amines is 1. The van der Waals surface area contributed by atoms with Crippen molar-refractivity contribution in [2.75, 3.05) is 20.3 Å². The lowest BCUT2D eigenvalue weighted by Crippen LogP contribution is -2.30. The van der Waals surface area contributed by atoms with Crippen LogP contribution in [0.3, 0.4) is 0 Å². The zero-order valence-electron chi connectivity index (χ0n) is 14.7. The van der Waals surface area contributed by atoms with Crippen LogP contribution in [0.1, 0.15) is 6.04 Å². The molecule has 0 aliphatic carbocycles. The Bertz CT molecular complexity index is 1060. The normalized spacial score (nSPS) is 27.2. The lowest BCUT2D eigenvalue weighted by molar-refractivity contribution is 0.0172. The Balaban J connectivity index is 1.59. The molecule has 0 spiro atoms. The summed E-state index contributed by atoms with van der Waals surface area (Å²) < 4.78 is 18.6. The Morgan fingerprint density at radius 1 is 1.26 bits per heavy atom. The first-order chi connectivity index (χ1) is 13.2. The van der Waals surface area contributed by atoms with E-state index in [9.17, 15) is 9.90 Å². The molecular weight excluding hydrogens is 350 g/mol. The number of aliphatic hydroxyl groups excluding tert-OH is 1. The molecule has 5 rings (SSSR count). The number of rotatable bonds is 3. The zero-order chi connectivity index (χ0) is 18.5. The number of nitrogens with zero attached hydrogens (tertiary/aromatic N) is 2. The first-order valence-electron chi connectivity index (χ1n) is 8.81. The SMILES string of the molecule is COc1ccc2[nH]c(=O)c(-c3nccn3[C@@H]3CO[C@H]4[C@@H]3OC[C@H]4O)cc2c1. The number of nitrogens with one attached hydrogen (secondary N) is 1. The highest BCUT2D eigenvalue weighted by Crippen LogP contribution is 2.36. The van der Waals surface area contributed by atoms with Gasteiger partial charge in [-0.2, -0.15) is 0 Å². The average Bonchev–Trinajstić information content (AvgIpc) is 3.38. The Kier molecular flexibility index (Phi) is 3.78. The summed E-state index contributed by atoms with van der Waals surface area (Å²) in [6, 6.07) is 7.15. The van der Waals surface area contributed by atoms with Gasteiger partial charge >= 0.3 is 0 Å². The van der Waals surface area contributed by atoms with E-state index in [-0.39, 0.29) is 30.4 Å². The monoisotopic (exact) mass is 369 g/mol. The van der Waals surface area contributed by atoms with Crippen LogP contribution >= 0.6 is 0 Å². The van der Waals surface area contributed by atoms with Crippen LogP contribution in [0.5, 0.6) is 5.75 Å². The molecule has 4 atom stereocenters. The summed E-state index contributed by atoms with van der Waals surface area (Å²) in [5, 5.41) is 10.8. The van der Waals surface area contributed by atoms with Crippen molar-refractivity contribution in [1.82, 2.24) is 14.5 Å². The van der Waals surface area contributed by atoms with Gasteiger partial charge in [-0.15, -0.1) is 0 Å². The molecule has 0 unspecified atom stereocenters. The Hall–Kier alpha value is -2.68. The maximum absolute atomic E-state index is 12.7. The maximum atomic E-state index is 12.7. The van der Waals surface area contributed by atoms with Crippen LogP contribution in [0.15, 0.2) is 41.5 Å². The standard InChI is InChI=1S/C19H19N3O5/c1-25-11-2-3-13-10(6-11)7-12(19(24)21-13)18-20-4-5-22(18)14-8-26-17-15(23)9-27-16(14)17/h2-7,14-17,23H,8-9H2,1H3,(H,21,24)/t14-,15-,16-,17-/m1/s1. The molecule has 1 aromatic carbocycles. The van der Waals surface area contributed by atoms with E-state index in [0.717, 1.165) is 10.9 Å². The fourth-order valence-corrected chi connectivity index (χ4v) is 3.96. The Morgan fingerprint density at radius 2 is 2.11 bits per heavy atom. The molecule has 2 N–H and O–H groups in total. The molecule has 0 bridgehead atoms. The van der Waals surface area contributed by atoms with Crippen LogP contribution in [-0.2, 0) is 9.47 Å². The third-order valence-corrected chi connectivity index (χ3v) is 5.32. The van der Waals surface area contributed by atoms with Crippen molar-refractivity contribution in [3.05, 3.63) is 47.0 Å². The number of ether oxygens (including phenoxy) is 3. The zero-order valence-corrected chi connectivity index (χ0v) is 14.7. The van der Waals surface area contributed by atoms with Gasteiger partial charge in [0.25, 0.3) is 5.56 Å². The van der Waals surface area contributed by atoms with Gasteiger partial charge in [-0.1, -0.05) is 0 Å². The molecule has 2 aromatic heterocycles. The second-order valence-electron chi connectivity index (χ2n) is 6.85. The summed E-state index contributed by atoms with van der Waals surface area (Å²) in [5.41, 5.74) is 0.972. The van der Waals surface area contributed by atoms with Crippen molar-refractivity contribution < 1.29 is 19.3 Å². The number of benzene rings is 1. The number of aromatic nitrogens is 3. The van der Waals surface area contributed by atoms with E-state index in [0.29, 0.717) is 23.7 Å². The van der Waals surface area contributed by atoms with E-state index in [1.54, 1.807) is 19.4 Å². The third-order valence-electron chi connectivity index (χ3n) is 5.32. The van der Waals surface area contributed by atoms with Gasteiger partial charge in [0.1, 0.15) is 29.9 Å². The minimum atomic E-state index is -0.622. The van der Waals surface area contributed by atoms with E-state index in [1.807, 2.05) is 29.0 Å². The smallest absolute Gasteiger partial charge is 0.259 e. The van der Waals surface area contributed by atoms with Gasteiger partial charge in [-0.05, 0) is 24.3 Å². The van der Waals surface area contributed by atoms with E-state index >= 15 is 0 Å². The Morgan fingerprint density at radius 3 is 2.96 bits per heavy atom. The van der Waals surface area contributed by atoms with Crippen LogP contribution in [0.2, 0.25) is 0 Å². The second kappa shape index (κ2) is 6.19. The summed E-state index contributed by atoms with van der Waals surface area (Å²) in [7, 11) is 1.60. The van der Waals surface area contributed by atoms with Gasteiger partial charge in [0, 0.05) is 23.3 Å². The topological polar surface area (TPSA) is 98.6 Å². The van der Waals surface area contributed by atoms with Crippen LogP contribution in [-0.4, -0.2) is 58.3 Å². The fraction of sp³-hybridized carbons (Fsp3) is 0.368. The van der Waals surface area contributed by atoms with Crippen LogP contribution in [0, 0.1) is 0 Å². The molecule has 0 saturated carbocycles. The predicted molar refractivity (Wildman–Crippen MR) is 96.9 cm³/mol. The van der Waals surface area contributed by atoms with Crippen molar-refractivity contribution in [3.63, 3.8) is 0 Å². The summed E-state index contributed by atoms with van der Waals surface area (Å²) >= 11 is 0. The van der Waals surface area contributed by atoms with Gasteiger partial charge in [-0.25, -0.2) is 4.98 Å². The van der Waals surface area contributed by atoms with Crippen molar-refractivity contribution in [2.24, 2.45) is 0 Å². The number of imidazole rings is 1. The van der Waals surface area contributed by atoms with Gasteiger partial charge in [0.2, 0.25) is 0 Å². The molecule has 8 nitrogen and oxygen atoms in total. The molecular formula is C19H19N3O5. The van der Waals surface area contributed by atoms with Gasteiger partial charge < -0.3 is 28.9 Å². The Labute approximate surface area is 154 Å². The van der Waals surface area contributed by atoms with E-state index in [2.05, 4.69) is 9.97 Å². The average molecular weight is 369 g/mol. The molecule has 8 heteroatoms. The van der Waals surface area contributed by atoms with E-state index < -0.39 is 6.10 Å². The summed E-state index contributed by atoms with van der Waals surface area (Å²) in [6.07, 6.45) is 2.25. The largest absolute Gasteiger partial charge is 0.497 e. The van der Waals surface area contributed by atoms with Gasteiger partial charge in [0.05, 0.1) is 31.9 Å². The van der Waals surface area contributed by atoms with Crippen LogP contribution in [0.4, 0.5) is 0 Å². The number of aliphatic hydroxyl groups is 1. The summed E-state index contributed by atoms with van der Waals surface area (Å²) in [6.45, 7) is 0.654. The number of methoxy groups -OCH3 is 1. The highest BCUT2D eigenvalue weighted by atomic mass is 16.6. The molecule has 27 heavy (non-hydrogen) atoms. The molecule has 0 amide bonds. The number of pyridine rings is 1. The molecule has 2 saturated heterocycles. The van der Waals surface area contributed by atoms with E-state index in [4.69, 9.17) is 14.2 Å². The van der Waals surface area contributed by atoms with Crippen molar-refractivity contribution in [1.29, 1.82) is 0 Å². The van der Waals surface area contributed by atoms with Crippen molar-refractivity contribution in [3.8, 4) is 17.1 Å². The highest BCUT2D eigenvalue weighted by Gasteiger charge is 2.48. The number of fused-ring (bicyclic) bond motifs is 2. The molecule has 0 radical (unpaired) electrons. The lowest BCUT2D eigenvalue weighted by atomic mass is 10.1. The second-order valence-corrected chi connectivity index (χ2v) is 6.85. The van der Waals surface area contributed by atoms with Crippen LogP contribution in [0.25, 0.3) is 22.3 Å². The number of hydrogen-bond donors (Lipinski definition) is 2. The van der Waals surface area contributed by atoms with E-state index in [1.165, 1.54) is 0 Å². The molecule has 140 valence electrons. The summed E-state index contributed by atoms with van der Waals surface area (Å²) in [4.78, 5) is 20.0. The minimum absolute atomic E-state index is 0.148. The summed E-state index contributed by atoms with van der Waals surface area (Å²) in [5.74, 6) is 1.25. The first-order valence-corrected chi connectivity index (χ1v) is 8.81. The predicted octanol–water partition coefficient (Wildman–Crippen LogP) is 1.10. The number of hydrogen-bond acceptors (Lipinski definition) is 6. The minimum Gasteiger partial charge on any atom is -0.497 e. The molecule has 2 fully saturated rings. The van der Waals surface area contributed by atoms with Crippen molar-refractivity contribution >= 4 is 10.9 Å². The van der Waals surface area contributed by atoms with Crippen LogP contribution < -0.4 is 10.3 Å². The van der Waals surface area contributed by atoms with Gasteiger partial charge in [0.15, 0.2) is 0 Å². The molecule has 2 aliphatic rings. The third kappa shape index (κ3) is 2.56. The van der Waals surface area contributed by atoms with Gasteiger partial charge in [-0.3, -0.25) is 4.79 Å². The molecule has 3 aromatic rings. The molecule has 2 aliphatic heterocycles. The quantitative estimate of drug-likeness (QED) is 0.717. The molecule has 4 heterocycles. The van der Waals surface area contributed by atoms with Crippen molar-refractivity contribution in [2.45, 2.75) is 24.4 Å². The maximum Gasteiger partial charge on any atom is 0.259 e. The lowest BCUT2D eigenvalue weighted by Gasteiger charge is -2.19. The highest BCUT2D eigenvalue weighted by molar-refractivity contribution is 5.83. The number of H-pyrrole nitrogens is 1.